The molecule has 0 spiro atoms. The first-order valence-electron chi connectivity index (χ1n) is 8.64. The number of aromatic nitrogens is 3. The molecule has 0 aliphatic carbocycles. The molecule has 2 heterocycles. The number of aryl methyl sites for hydroxylation is 1. The topological polar surface area (TPSA) is 64.8 Å². The van der Waals surface area contributed by atoms with Crippen LogP contribution >= 0.6 is 0 Å². The average Bonchev–Trinajstić information content (AvgIpc) is 3.29. The fourth-order valence-electron chi connectivity index (χ4n) is 3.28. The molecule has 136 valence electrons. The summed E-state index contributed by atoms with van der Waals surface area (Å²) < 4.78 is 14.3. The minimum Gasteiger partial charge on any atom is -0.361 e. The highest BCUT2D eigenvalue weighted by Gasteiger charge is 2.17. The predicted molar refractivity (Wildman–Crippen MR) is 103 cm³/mol. The van der Waals surface area contributed by atoms with Crippen LogP contribution in [0.2, 0.25) is 0 Å². The number of halogens is 1. The van der Waals surface area contributed by atoms with Gasteiger partial charge in [-0.15, -0.1) is 0 Å². The van der Waals surface area contributed by atoms with Crippen LogP contribution in [0.1, 0.15) is 21.6 Å². The summed E-state index contributed by atoms with van der Waals surface area (Å²) in [7, 11) is 1.70. The number of rotatable bonds is 4. The van der Waals surface area contributed by atoms with Crippen LogP contribution in [-0.4, -0.2) is 33.0 Å². The van der Waals surface area contributed by atoms with Crippen LogP contribution in [0.3, 0.4) is 0 Å². The van der Waals surface area contributed by atoms with E-state index in [1.54, 1.807) is 24.2 Å². The summed E-state index contributed by atoms with van der Waals surface area (Å²) in [6, 6.07) is 12.3. The number of nitrogens with zero attached hydrogens (tertiary/aromatic N) is 2. The van der Waals surface area contributed by atoms with E-state index in [9.17, 15) is 9.18 Å². The van der Waals surface area contributed by atoms with Crippen molar-refractivity contribution in [1.82, 2.24) is 20.1 Å². The monoisotopic (exact) mass is 362 g/mol. The lowest BCUT2D eigenvalue weighted by atomic mass is 10.00. The van der Waals surface area contributed by atoms with Crippen LogP contribution in [-0.2, 0) is 6.54 Å². The van der Waals surface area contributed by atoms with E-state index < -0.39 is 5.82 Å². The van der Waals surface area contributed by atoms with Gasteiger partial charge in [-0.05, 0) is 42.1 Å². The van der Waals surface area contributed by atoms with Crippen molar-refractivity contribution in [2.75, 3.05) is 7.05 Å². The quantitative estimate of drug-likeness (QED) is 0.569. The lowest BCUT2D eigenvalue weighted by molar-refractivity contribution is 0.0784. The molecule has 4 rings (SSSR count). The number of hydrogen-bond donors (Lipinski definition) is 2. The van der Waals surface area contributed by atoms with Crippen LogP contribution in [0.5, 0.6) is 0 Å². The fraction of sp³-hybridized carbons (Fsp3) is 0.143. The van der Waals surface area contributed by atoms with Crippen molar-refractivity contribution in [3.05, 3.63) is 77.5 Å². The molecule has 27 heavy (non-hydrogen) atoms. The highest BCUT2D eigenvalue weighted by molar-refractivity contribution is 5.98. The highest BCUT2D eigenvalue weighted by Crippen LogP contribution is 2.29. The van der Waals surface area contributed by atoms with Gasteiger partial charge in [0.2, 0.25) is 0 Å². The normalized spacial score (nSPS) is 11.1. The lowest BCUT2D eigenvalue weighted by Crippen LogP contribution is -2.26. The second kappa shape index (κ2) is 6.72. The Bertz CT molecular complexity index is 1130. The molecule has 0 aliphatic rings. The Morgan fingerprint density at radius 2 is 2.07 bits per heavy atom. The number of carbonyl (C=O) groups excluding carboxylic acids is 1. The van der Waals surface area contributed by atoms with Crippen molar-refractivity contribution in [2.24, 2.45) is 0 Å². The van der Waals surface area contributed by atoms with E-state index in [-0.39, 0.29) is 5.91 Å². The molecule has 0 aliphatic heterocycles. The Morgan fingerprint density at radius 3 is 2.85 bits per heavy atom. The SMILES string of the molecule is Cc1[nH]ncc1CN(C)C(=O)c1cc(F)cc(-c2cccc3cc[nH]c23)c1. The molecule has 2 aromatic carbocycles. The van der Waals surface area contributed by atoms with Crippen LogP contribution in [0.25, 0.3) is 22.0 Å². The van der Waals surface area contributed by atoms with E-state index in [1.165, 1.54) is 12.1 Å². The van der Waals surface area contributed by atoms with E-state index in [0.29, 0.717) is 17.7 Å². The molecular weight excluding hydrogens is 343 g/mol. The zero-order valence-electron chi connectivity index (χ0n) is 15.1. The number of nitrogens with one attached hydrogen (secondary N) is 2. The molecule has 0 radical (unpaired) electrons. The number of fused-ring (bicyclic) bond motifs is 1. The largest absolute Gasteiger partial charge is 0.361 e. The Labute approximate surface area is 155 Å². The summed E-state index contributed by atoms with van der Waals surface area (Å²) >= 11 is 0. The van der Waals surface area contributed by atoms with E-state index >= 15 is 0 Å². The van der Waals surface area contributed by atoms with Crippen molar-refractivity contribution >= 4 is 16.8 Å². The van der Waals surface area contributed by atoms with E-state index in [0.717, 1.165) is 27.7 Å². The molecule has 5 nitrogen and oxygen atoms in total. The average molecular weight is 362 g/mol. The zero-order chi connectivity index (χ0) is 19.0. The van der Waals surface area contributed by atoms with Crippen molar-refractivity contribution < 1.29 is 9.18 Å². The van der Waals surface area contributed by atoms with Gasteiger partial charge in [0, 0.05) is 42.2 Å². The highest BCUT2D eigenvalue weighted by atomic mass is 19.1. The second-order valence-corrected chi connectivity index (χ2v) is 6.66. The smallest absolute Gasteiger partial charge is 0.254 e. The number of benzene rings is 2. The van der Waals surface area contributed by atoms with Gasteiger partial charge in [0.1, 0.15) is 5.82 Å². The third kappa shape index (κ3) is 3.21. The van der Waals surface area contributed by atoms with E-state index in [2.05, 4.69) is 15.2 Å². The molecule has 0 bridgehead atoms. The molecule has 6 heteroatoms. The van der Waals surface area contributed by atoms with Gasteiger partial charge in [-0.1, -0.05) is 18.2 Å². The number of hydrogen-bond acceptors (Lipinski definition) is 2. The molecule has 4 aromatic rings. The van der Waals surface area contributed by atoms with Gasteiger partial charge < -0.3 is 9.88 Å². The Hall–Kier alpha value is -3.41. The third-order valence-electron chi connectivity index (χ3n) is 4.73. The second-order valence-electron chi connectivity index (χ2n) is 6.66. The minimum absolute atomic E-state index is 0.241. The third-order valence-corrected chi connectivity index (χ3v) is 4.73. The summed E-state index contributed by atoms with van der Waals surface area (Å²) in [5.74, 6) is -0.678. The van der Waals surface area contributed by atoms with E-state index in [4.69, 9.17) is 0 Å². The number of aromatic amines is 2. The Balaban J connectivity index is 1.69. The molecular formula is C21H19FN4O. The van der Waals surface area contributed by atoms with Crippen LogP contribution in [0, 0.1) is 12.7 Å². The predicted octanol–water partition coefficient (Wildman–Crippen LogP) is 4.28. The van der Waals surface area contributed by atoms with Crippen molar-refractivity contribution in [3.8, 4) is 11.1 Å². The number of H-pyrrole nitrogens is 2. The fourth-order valence-corrected chi connectivity index (χ4v) is 3.28. The first kappa shape index (κ1) is 17.0. The molecule has 0 atom stereocenters. The lowest BCUT2D eigenvalue weighted by Gasteiger charge is -2.17. The van der Waals surface area contributed by atoms with Gasteiger partial charge >= 0.3 is 0 Å². The Kier molecular flexibility index (Phi) is 4.24. The minimum atomic E-state index is -0.438. The van der Waals surface area contributed by atoms with Crippen molar-refractivity contribution in [3.63, 3.8) is 0 Å². The number of carbonyl (C=O) groups is 1. The van der Waals surface area contributed by atoms with Crippen LogP contribution in [0.15, 0.2) is 54.9 Å². The van der Waals surface area contributed by atoms with Gasteiger partial charge in [-0.25, -0.2) is 4.39 Å². The first-order valence-corrected chi connectivity index (χ1v) is 8.64. The van der Waals surface area contributed by atoms with Crippen LogP contribution in [0.4, 0.5) is 4.39 Å². The maximum atomic E-state index is 14.3. The van der Waals surface area contributed by atoms with Gasteiger partial charge in [-0.3, -0.25) is 9.89 Å². The molecule has 1 amide bonds. The molecule has 2 N–H and O–H groups in total. The molecule has 0 saturated heterocycles. The summed E-state index contributed by atoms with van der Waals surface area (Å²) in [5.41, 5.74) is 4.60. The summed E-state index contributed by atoms with van der Waals surface area (Å²) in [5, 5.41) is 7.87. The summed E-state index contributed by atoms with van der Waals surface area (Å²) in [6.07, 6.45) is 3.54. The Morgan fingerprint density at radius 1 is 1.22 bits per heavy atom. The van der Waals surface area contributed by atoms with Gasteiger partial charge in [0.25, 0.3) is 5.91 Å². The molecule has 0 fully saturated rings. The van der Waals surface area contributed by atoms with E-state index in [1.807, 2.05) is 37.4 Å². The van der Waals surface area contributed by atoms with Crippen molar-refractivity contribution in [2.45, 2.75) is 13.5 Å². The van der Waals surface area contributed by atoms with Gasteiger partial charge in [0.15, 0.2) is 0 Å². The molecule has 0 saturated carbocycles. The maximum absolute atomic E-state index is 14.3. The summed E-state index contributed by atoms with van der Waals surface area (Å²) in [6.45, 7) is 2.30. The molecule has 0 unspecified atom stereocenters. The van der Waals surface area contributed by atoms with Gasteiger partial charge in [0.05, 0.1) is 11.7 Å². The van der Waals surface area contributed by atoms with Crippen LogP contribution < -0.4 is 0 Å². The van der Waals surface area contributed by atoms with Crippen molar-refractivity contribution in [1.29, 1.82) is 0 Å². The standard InChI is InChI=1S/C21H19FN4O/c1-13-17(11-24-25-13)12-26(2)21(27)16-8-15(9-18(22)10-16)19-5-3-4-14-6-7-23-20(14)19/h3-11,23H,12H2,1-2H3,(H,24,25). The maximum Gasteiger partial charge on any atom is 0.254 e. The summed E-state index contributed by atoms with van der Waals surface area (Å²) in [4.78, 5) is 17.6. The van der Waals surface area contributed by atoms with Gasteiger partial charge in [-0.2, -0.15) is 5.10 Å². The molecule has 2 aromatic heterocycles. The zero-order valence-corrected chi connectivity index (χ0v) is 15.1. The first-order chi connectivity index (χ1) is 13.0. The number of para-hydroxylation sites is 1. The number of amides is 1.